The summed E-state index contributed by atoms with van der Waals surface area (Å²) in [4.78, 5) is 34.0. The molecule has 1 atom stereocenters. The molecule has 7 heteroatoms. The van der Waals surface area contributed by atoms with Gasteiger partial charge in [-0.3, -0.25) is 14.5 Å². The predicted octanol–water partition coefficient (Wildman–Crippen LogP) is 3.71. The number of carbonyl (C=O) groups is 2. The normalized spacial score (nSPS) is 18.7. The van der Waals surface area contributed by atoms with Gasteiger partial charge in [-0.2, -0.15) is 0 Å². The highest BCUT2D eigenvalue weighted by Crippen LogP contribution is 2.37. The van der Waals surface area contributed by atoms with Crippen LogP contribution < -0.4 is 15.0 Å². The van der Waals surface area contributed by atoms with Gasteiger partial charge in [0.15, 0.2) is 11.6 Å². The molecule has 1 aliphatic heterocycles. The molecule has 2 aliphatic rings. The summed E-state index contributed by atoms with van der Waals surface area (Å²) in [6.45, 7) is 1.95. The average molecular weight is 451 g/mol. The molecule has 4 rings (SSSR count). The van der Waals surface area contributed by atoms with Crippen molar-refractivity contribution in [3.63, 3.8) is 0 Å². The summed E-state index contributed by atoms with van der Waals surface area (Å²) < 4.78 is 5.98. The minimum Gasteiger partial charge on any atom is -0.472 e. The van der Waals surface area contributed by atoms with E-state index < -0.39 is 6.10 Å². The lowest BCUT2D eigenvalue weighted by molar-refractivity contribution is -0.127. The summed E-state index contributed by atoms with van der Waals surface area (Å²) in [5, 5.41) is 3.03. The van der Waals surface area contributed by atoms with E-state index in [9.17, 15) is 9.59 Å². The van der Waals surface area contributed by atoms with Gasteiger partial charge in [-0.25, -0.2) is 4.98 Å². The molecule has 2 heterocycles. The van der Waals surface area contributed by atoms with Crippen LogP contribution in [0, 0.1) is 0 Å². The van der Waals surface area contributed by atoms with Gasteiger partial charge >= 0.3 is 0 Å². The maximum absolute atomic E-state index is 13.2. The molecule has 0 saturated heterocycles. The Hall–Kier alpha value is -2.93. The number of hydrogen-bond donors (Lipinski definition) is 1. The van der Waals surface area contributed by atoms with Gasteiger partial charge in [0, 0.05) is 43.9 Å². The minimum absolute atomic E-state index is 0.0219. The Balaban J connectivity index is 1.28. The zero-order chi connectivity index (χ0) is 23.0. The first-order chi connectivity index (χ1) is 16.1. The average Bonchev–Trinajstić information content (AvgIpc) is 2.86. The lowest BCUT2D eigenvalue weighted by Crippen LogP contribution is -2.42. The smallest absolute Gasteiger partial charge is 0.274 e. The van der Waals surface area contributed by atoms with Gasteiger partial charge in [-0.15, -0.1) is 0 Å². The van der Waals surface area contributed by atoms with Crippen LogP contribution in [0.4, 0.5) is 5.82 Å². The van der Waals surface area contributed by atoms with E-state index in [2.05, 4.69) is 22.2 Å². The molecule has 1 aromatic carbocycles. The summed E-state index contributed by atoms with van der Waals surface area (Å²) in [6.07, 6.45) is 8.38. The van der Waals surface area contributed by atoms with E-state index in [-0.39, 0.29) is 11.8 Å². The molecule has 1 aromatic heterocycles. The van der Waals surface area contributed by atoms with Crippen LogP contribution in [-0.2, 0) is 9.59 Å². The van der Waals surface area contributed by atoms with Crippen molar-refractivity contribution in [2.45, 2.75) is 57.1 Å². The maximum atomic E-state index is 13.2. The van der Waals surface area contributed by atoms with Crippen molar-refractivity contribution in [2.24, 2.45) is 0 Å². The van der Waals surface area contributed by atoms with Gasteiger partial charge in [0.1, 0.15) is 0 Å². The Bertz CT molecular complexity index is 930. The van der Waals surface area contributed by atoms with Crippen molar-refractivity contribution < 1.29 is 14.3 Å². The van der Waals surface area contributed by atoms with Crippen molar-refractivity contribution in [2.75, 3.05) is 31.6 Å². The lowest BCUT2D eigenvalue weighted by Gasteiger charge is -2.33. The number of nitrogens with zero attached hydrogens (tertiary/aromatic N) is 3. The van der Waals surface area contributed by atoms with Gasteiger partial charge in [-0.05, 0) is 38.4 Å². The summed E-state index contributed by atoms with van der Waals surface area (Å²) in [5.41, 5.74) is 0.807. The number of anilines is 1. The third-order valence-corrected chi connectivity index (χ3v) is 6.61. The molecule has 1 unspecified atom stereocenters. The molecule has 2 amide bonds. The van der Waals surface area contributed by atoms with Crippen molar-refractivity contribution in [1.29, 1.82) is 0 Å². The number of likely N-dealkylation sites (N-methyl/N-ethyl adjacent to an activating group) is 1. The van der Waals surface area contributed by atoms with E-state index in [1.807, 2.05) is 36.4 Å². The molecule has 33 heavy (non-hydrogen) atoms. The number of ether oxygens (including phenoxy) is 1. The standard InChI is InChI=1S/C26H34N4O3/c1-29(21-12-6-3-7-13-21)19-17-27-23(31)15-9-18-30-25-22(14-8-16-28-25)33-24(26(30)32)20-10-4-2-5-11-20/h2,4-5,8,10-11,14,16,21,24H,3,6-7,9,12-13,15,17-19H2,1H3,(H,27,31). The van der Waals surface area contributed by atoms with Gasteiger partial charge in [0.05, 0.1) is 0 Å². The molecule has 0 bridgehead atoms. The van der Waals surface area contributed by atoms with E-state index in [0.29, 0.717) is 43.5 Å². The highest BCUT2D eigenvalue weighted by molar-refractivity contribution is 5.99. The number of hydrogen-bond acceptors (Lipinski definition) is 5. The Morgan fingerprint density at radius 2 is 1.94 bits per heavy atom. The number of fused-ring (bicyclic) bond motifs is 1. The number of amides is 2. The van der Waals surface area contributed by atoms with Crippen molar-refractivity contribution >= 4 is 17.6 Å². The van der Waals surface area contributed by atoms with E-state index >= 15 is 0 Å². The van der Waals surface area contributed by atoms with Crippen LogP contribution in [-0.4, -0.2) is 54.4 Å². The number of nitrogens with one attached hydrogen (secondary N) is 1. The first kappa shape index (κ1) is 23.2. The molecule has 7 nitrogen and oxygen atoms in total. The number of rotatable bonds is 9. The number of aromatic nitrogens is 1. The quantitative estimate of drug-likeness (QED) is 0.630. The van der Waals surface area contributed by atoms with Crippen molar-refractivity contribution in [3.05, 3.63) is 54.2 Å². The highest BCUT2D eigenvalue weighted by Gasteiger charge is 2.36. The Kier molecular flexibility index (Phi) is 7.94. The second-order valence-electron chi connectivity index (χ2n) is 8.95. The van der Waals surface area contributed by atoms with E-state index in [1.165, 1.54) is 32.1 Å². The molecular weight excluding hydrogens is 416 g/mol. The fourth-order valence-electron chi connectivity index (χ4n) is 4.72. The monoisotopic (exact) mass is 450 g/mol. The van der Waals surface area contributed by atoms with Gasteiger partial charge in [-0.1, -0.05) is 49.6 Å². The number of pyridine rings is 1. The molecular formula is C26H34N4O3. The Morgan fingerprint density at radius 1 is 1.15 bits per heavy atom. The molecule has 1 N–H and O–H groups in total. The van der Waals surface area contributed by atoms with Gasteiger partial charge in [0.25, 0.3) is 5.91 Å². The van der Waals surface area contributed by atoms with Crippen molar-refractivity contribution in [3.8, 4) is 5.75 Å². The summed E-state index contributed by atoms with van der Waals surface area (Å²) in [5.74, 6) is 0.973. The Morgan fingerprint density at radius 3 is 2.73 bits per heavy atom. The SMILES string of the molecule is CN(CCNC(=O)CCCN1C(=O)C(c2ccccc2)Oc2cccnc21)C1CCCCC1. The lowest BCUT2D eigenvalue weighted by atomic mass is 9.94. The second kappa shape index (κ2) is 11.3. The van der Waals surface area contributed by atoms with Gasteiger partial charge in [0.2, 0.25) is 12.0 Å². The number of benzene rings is 1. The van der Waals surface area contributed by atoms with E-state index in [0.717, 1.165) is 12.1 Å². The highest BCUT2D eigenvalue weighted by atomic mass is 16.5. The molecule has 176 valence electrons. The first-order valence-electron chi connectivity index (χ1n) is 12.1. The molecule has 0 spiro atoms. The molecule has 1 aliphatic carbocycles. The summed E-state index contributed by atoms with van der Waals surface area (Å²) in [7, 11) is 2.15. The van der Waals surface area contributed by atoms with E-state index in [4.69, 9.17) is 4.74 Å². The van der Waals surface area contributed by atoms with Crippen LogP contribution in [0.3, 0.4) is 0 Å². The maximum Gasteiger partial charge on any atom is 0.274 e. The fourth-order valence-corrected chi connectivity index (χ4v) is 4.72. The van der Waals surface area contributed by atoms with Crippen LogP contribution in [0.1, 0.15) is 56.6 Å². The molecule has 1 fully saturated rings. The summed E-state index contributed by atoms with van der Waals surface area (Å²) >= 11 is 0. The molecule has 0 radical (unpaired) electrons. The molecule has 2 aromatic rings. The van der Waals surface area contributed by atoms with Crippen LogP contribution in [0.25, 0.3) is 0 Å². The molecule has 1 saturated carbocycles. The largest absolute Gasteiger partial charge is 0.472 e. The summed E-state index contributed by atoms with van der Waals surface area (Å²) in [6, 6.07) is 13.7. The predicted molar refractivity (Wildman–Crippen MR) is 128 cm³/mol. The van der Waals surface area contributed by atoms with Crippen LogP contribution in [0.15, 0.2) is 48.7 Å². The Labute approximate surface area is 196 Å². The van der Waals surface area contributed by atoms with Crippen LogP contribution in [0.5, 0.6) is 5.75 Å². The number of carbonyl (C=O) groups excluding carboxylic acids is 2. The zero-order valence-electron chi connectivity index (χ0n) is 19.4. The first-order valence-corrected chi connectivity index (χ1v) is 12.1. The topological polar surface area (TPSA) is 74.8 Å². The van der Waals surface area contributed by atoms with E-state index in [1.54, 1.807) is 17.2 Å². The third-order valence-electron chi connectivity index (χ3n) is 6.61. The van der Waals surface area contributed by atoms with Gasteiger partial charge < -0.3 is 15.0 Å². The van der Waals surface area contributed by atoms with Crippen LogP contribution >= 0.6 is 0 Å². The van der Waals surface area contributed by atoms with Crippen LogP contribution in [0.2, 0.25) is 0 Å². The second-order valence-corrected chi connectivity index (χ2v) is 8.95. The zero-order valence-corrected chi connectivity index (χ0v) is 19.4. The fraction of sp³-hybridized carbons (Fsp3) is 0.500. The third kappa shape index (κ3) is 5.90. The van der Waals surface area contributed by atoms with Crippen molar-refractivity contribution in [1.82, 2.24) is 15.2 Å². The minimum atomic E-state index is -0.702.